The van der Waals surface area contributed by atoms with Crippen LogP contribution in [0.25, 0.3) is 0 Å². The van der Waals surface area contributed by atoms with E-state index in [1.807, 2.05) is 32.9 Å². The molecular formula is C23H27Br2ClF2N2O2. The van der Waals surface area contributed by atoms with Crippen molar-refractivity contribution in [1.82, 2.24) is 5.32 Å². The van der Waals surface area contributed by atoms with Gasteiger partial charge in [0.25, 0.3) is 0 Å². The molecule has 0 fully saturated rings. The molecule has 0 unspecified atom stereocenters. The highest BCUT2D eigenvalue weighted by atomic mass is 79.9. The van der Waals surface area contributed by atoms with Gasteiger partial charge >= 0.3 is 6.09 Å². The Labute approximate surface area is 210 Å². The van der Waals surface area contributed by atoms with Crippen LogP contribution < -0.4 is 11.1 Å². The van der Waals surface area contributed by atoms with Crippen molar-refractivity contribution < 1.29 is 18.3 Å². The Hall–Kier alpha value is -1.22. The van der Waals surface area contributed by atoms with Crippen LogP contribution in [0.2, 0.25) is 0 Å². The predicted molar refractivity (Wildman–Crippen MR) is 131 cm³/mol. The van der Waals surface area contributed by atoms with Crippen LogP contribution in [0.1, 0.15) is 68.0 Å². The first-order chi connectivity index (χ1) is 14.4. The molecule has 32 heavy (non-hydrogen) atoms. The molecular weight excluding hydrogens is 570 g/mol. The summed E-state index contributed by atoms with van der Waals surface area (Å²) in [6, 6.07) is 6.55. The van der Waals surface area contributed by atoms with Gasteiger partial charge in [-0.05, 0) is 93.0 Å². The van der Waals surface area contributed by atoms with Gasteiger partial charge in [0.2, 0.25) is 0 Å². The smallest absolute Gasteiger partial charge is 0.408 e. The third kappa shape index (κ3) is 6.65. The molecule has 0 bridgehead atoms. The molecule has 0 aromatic heterocycles. The highest BCUT2D eigenvalue weighted by Gasteiger charge is 2.28. The molecule has 2 aromatic rings. The van der Waals surface area contributed by atoms with Gasteiger partial charge < -0.3 is 15.8 Å². The number of amides is 1. The van der Waals surface area contributed by atoms with Crippen molar-refractivity contribution in [3.05, 3.63) is 67.1 Å². The number of halogens is 5. The van der Waals surface area contributed by atoms with Crippen LogP contribution in [-0.4, -0.2) is 11.7 Å². The Balaban J connectivity index is 0.000000241. The van der Waals surface area contributed by atoms with Crippen molar-refractivity contribution in [2.24, 2.45) is 5.73 Å². The summed E-state index contributed by atoms with van der Waals surface area (Å²) in [6.45, 7) is 5.43. The number of rotatable bonds is 1. The SMILES string of the molecule is CC(C)(C)OC(=O)N[C@@H]1CCc2c(F)cc(Br)cc21.Cl.N[C@@H]1CCc2c(F)cc(Br)cc21. The fraction of sp³-hybridized carbons (Fsp3) is 0.435. The highest BCUT2D eigenvalue weighted by molar-refractivity contribution is 9.10. The number of nitrogens with one attached hydrogen (secondary N) is 1. The van der Waals surface area contributed by atoms with Gasteiger partial charge in [0, 0.05) is 15.0 Å². The van der Waals surface area contributed by atoms with Gasteiger partial charge in [-0.3, -0.25) is 0 Å². The molecule has 2 aromatic carbocycles. The van der Waals surface area contributed by atoms with E-state index >= 15 is 0 Å². The molecule has 9 heteroatoms. The first-order valence-electron chi connectivity index (χ1n) is 10.2. The van der Waals surface area contributed by atoms with Crippen molar-refractivity contribution in [2.45, 2.75) is 64.1 Å². The topological polar surface area (TPSA) is 64.3 Å². The van der Waals surface area contributed by atoms with Gasteiger partial charge in [0.1, 0.15) is 17.2 Å². The molecule has 0 saturated carbocycles. The average Bonchev–Trinajstić information content (AvgIpc) is 3.18. The van der Waals surface area contributed by atoms with Gasteiger partial charge in [-0.15, -0.1) is 12.4 Å². The average molecular weight is 597 g/mol. The van der Waals surface area contributed by atoms with Crippen LogP contribution >= 0.6 is 44.3 Å². The Bertz CT molecular complexity index is 999. The van der Waals surface area contributed by atoms with Crippen LogP contribution in [-0.2, 0) is 17.6 Å². The number of carbonyl (C=O) groups excluding carboxylic acids is 1. The molecule has 4 rings (SSSR count). The highest BCUT2D eigenvalue weighted by Crippen LogP contribution is 2.35. The lowest BCUT2D eigenvalue weighted by atomic mass is 10.1. The molecule has 1 amide bonds. The number of benzene rings is 2. The van der Waals surface area contributed by atoms with E-state index in [0.29, 0.717) is 22.9 Å². The third-order valence-corrected chi connectivity index (χ3v) is 6.16. The molecule has 2 aliphatic carbocycles. The van der Waals surface area contributed by atoms with Crippen LogP contribution in [0.3, 0.4) is 0 Å². The van der Waals surface area contributed by atoms with E-state index < -0.39 is 11.7 Å². The van der Waals surface area contributed by atoms with E-state index in [1.54, 1.807) is 0 Å². The summed E-state index contributed by atoms with van der Waals surface area (Å²) in [6.07, 6.45) is 2.50. The molecule has 176 valence electrons. The van der Waals surface area contributed by atoms with Crippen LogP contribution in [0, 0.1) is 11.6 Å². The first-order valence-corrected chi connectivity index (χ1v) is 11.7. The minimum atomic E-state index is -0.534. The number of nitrogens with two attached hydrogens (primary N) is 1. The van der Waals surface area contributed by atoms with Gasteiger partial charge in [-0.2, -0.15) is 0 Å². The van der Waals surface area contributed by atoms with E-state index in [2.05, 4.69) is 37.2 Å². The lowest BCUT2D eigenvalue weighted by molar-refractivity contribution is 0.0503. The fourth-order valence-corrected chi connectivity index (χ4v) is 4.81. The molecule has 3 N–H and O–H groups in total. The number of fused-ring (bicyclic) bond motifs is 2. The summed E-state index contributed by atoms with van der Waals surface area (Å²) in [5.74, 6) is -0.356. The summed E-state index contributed by atoms with van der Waals surface area (Å²) in [5.41, 5.74) is 8.54. The number of hydrogen-bond donors (Lipinski definition) is 2. The second-order valence-electron chi connectivity index (χ2n) is 8.79. The van der Waals surface area contributed by atoms with E-state index in [9.17, 15) is 13.6 Å². The fourth-order valence-electron chi connectivity index (χ4n) is 3.92. The zero-order valence-electron chi connectivity index (χ0n) is 18.1. The molecule has 0 radical (unpaired) electrons. The van der Waals surface area contributed by atoms with E-state index in [4.69, 9.17) is 10.5 Å². The summed E-state index contributed by atoms with van der Waals surface area (Å²) in [7, 11) is 0. The lowest BCUT2D eigenvalue weighted by Gasteiger charge is -2.22. The second-order valence-corrected chi connectivity index (χ2v) is 10.6. The van der Waals surface area contributed by atoms with Crippen LogP contribution in [0.4, 0.5) is 13.6 Å². The van der Waals surface area contributed by atoms with Gasteiger partial charge in [0.05, 0.1) is 6.04 Å². The quantitative estimate of drug-likeness (QED) is 0.371. The Morgan fingerprint density at radius 2 is 1.50 bits per heavy atom. The van der Waals surface area contributed by atoms with E-state index in [-0.39, 0.29) is 36.1 Å². The third-order valence-electron chi connectivity index (χ3n) is 5.24. The summed E-state index contributed by atoms with van der Waals surface area (Å²) >= 11 is 6.52. The zero-order valence-corrected chi connectivity index (χ0v) is 22.1. The first kappa shape index (κ1) is 27.0. The van der Waals surface area contributed by atoms with Gasteiger partial charge in [-0.25, -0.2) is 13.6 Å². The van der Waals surface area contributed by atoms with Crippen molar-refractivity contribution in [1.29, 1.82) is 0 Å². The van der Waals surface area contributed by atoms with E-state index in [1.165, 1.54) is 12.1 Å². The Morgan fingerprint density at radius 1 is 1.00 bits per heavy atom. The van der Waals surface area contributed by atoms with Gasteiger partial charge in [0.15, 0.2) is 0 Å². The zero-order chi connectivity index (χ0) is 22.9. The minimum absolute atomic E-state index is 0. The standard InChI is InChI=1S/C14H17BrFNO2.C9H9BrFN.ClH/c1-14(2,3)19-13(18)17-12-5-4-9-10(12)6-8(15)7-11(9)16;10-5-3-7-6(8(11)4-5)1-2-9(7)12;/h6-7,12H,4-5H2,1-3H3,(H,17,18);3-4,9H,1-2,12H2;1H/t12-;9-;/m11./s1. The van der Waals surface area contributed by atoms with Gasteiger partial charge in [-0.1, -0.05) is 31.9 Å². The predicted octanol–water partition coefficient (Wildman–Crippen LogP) is 7.06. The second kappa shape index (κ2) is 10.8. The lowest BCUT2D eigenvalue weighted by Crippen LogP contribution is -2.34. The maximum atomic E-state index is 13.8. The molecule has 0 spiro atoms. The largest absolute Gasteiger partial charge is 0.444 e. The number of carbonyl (C=O) groups is 1. The van der Waals surface area contributed by atoms with Crippen molar-refractivity contribution in [3.63, 3.8) is 0 Å². The number of alkyl carbamates (subject to hydrolysis) is 1. The van der Waals surface area contributed by atoms with Crippen molar-refractivity contribution in [2.75, 3.05) is 0 Å². The van der Waals surface area contributed by atoms with E-state index in [0.717, 1.165) is 34.0 Å². The number of ether oxygens (including phenoxy) is 1. The maximum absolute atomic E-state index is 13.8. The summed E-state index contributed by atoms with van der Waals surface area (Å²) in [5, 5.41) is 2.80. The molecule has 0 aliphatic heterocycles. The minimum Gasteiger partial charge on any atom is -0.444 e. The maximum Gasteiger partial charge on any atom is 0.408 e. The Kier molecular flexibility index (Phi) is 9.13. The number of hydrogen-bond acceptors (Lipinski definition) is 3. The molecule has 2 aliphatic rings. The summed E-state index contributed by atoms with van der Waals surface area (Å²) in [4.78, 5) is 11.8. The normalized spacial score (nSPS) is 18.6. The van der Waals surface area contributed by atoms with Crippen LogP contribution in [0.15, 0.2) is 33.2 Å². The summed E-state index contributed by atoms with van der Waals surface area (Å²) < 4.78 is 33.7. The van der Waals surface area contributed by atoms with Crippen LogP contribution in [0.5, 0.6) is 0 Å². The molecule has 0 saturated heterocycles. The molecule has 4 nitrogen and oxygen atoms in total. The monoisotopic (exact) mass is 594 g/mol. The molecule has 2 atom stereocenters. The molecule has 0 heterocycles. The van der Waals surface area contributed by atoms with Crippen molar-refractivity contribution >= 4 is 50.4 Å². The Morgan fingerprint density at radius 3 is 2.06 bits per heavy atom. The van der Waals surface area contributed by atoms with Crippen molar-refractivity contribution in [3.8, 4) is 0 Å².